The van der Waals surface area contributed by atoms with Gasteiger partial charge in [-0.1, -0.05) is 24.3 Å². The van der Waals surface area contributed by atoms with Gasteiger partial charge in [-0.3, -0.25) is 0 Å². The summed E-state index contributed by atoms with van der Waals surface area (Å²) in [5.74, 6) is -0.555. The SMILES string of the molecule is N#CC1(C(O)c2ccc(C(F)F)cc2)CCS(=O)(=O)C1. The largest absolute Gasteiger partial charge is 0.387 e. The number of aliphatic hydroxyl groups excluding tert-OH is 1. The summed E-state index contributed by atoms with van der Waals surface area (Å²) in [5, 5.41) is 19.5. The molecule has 2 unspecified atom stereocenters. The van der Waals surface area contributed by atoms with Crippen LogP contribution in [0.1, 0.15) is 30.1 Å². The van der Waals surface area contributed by atoms with Crippen LogP contribution in [0.15, 0.2) is 24.3 Å². The smallest absolute Gasteiger partial charge is 0.263 e. The summed E-state index contributed by atoms with van der Waals surface area (Å²) in [4.78, 5) is 0. The highest BCUT2D eigenvalue weighted by molar-refractivity contribution is 7.91. The van der Waals surface area contributed by atoms with Crippen molar-refractivity contribution in [3.05, 3.63) is 35.4 Å². The minimum Gasteiger partial charge on any atom is -0.387 e. The third-order valence-electron chi connectivity index (χ3n) is 3.59. The molecule has 108 valence electrons. The zero-order chi connectivity index (χ0) is 15.0. The van der Waals surface area contributed by atoms with Gasteiger partial charge >= 0.3 is 0 Å². The first-order chi connectivity index (χ1) is 9.30. The van der Waals surface area contributed by atoms with Gasteiger partial charge in [-0.05, 0) is 12.0 Å². The molecule has 0 aromatic heterocycles. The molecular formula is C13H13F2NO3S. The van der Waals surface area contributed by atoms with E-state index in [0.717, 1.165) is 12.1 Å². The lowest BCUT2D eigenvalue weighted by molar-refractivity contribution is 0.0791. The quantitative estimate of drug-likeness (QED) is 0.926. The van der Waals surface area contributed by atoms with Crippen molar-refractivity contribution in [3.63, 3.8) is 0 Å². The van der Waals surface area contributed by atoms with E-state index >= 15 is 0 Å². The molecule has 1 aliphatic rings. The lowest BCUT2D eigenvalue weighted by Crippen LogP contribution is -2.28. The highest BCUT2D eigenvalue weighted by Crippen LogP contribution is 2.43. The second kappa shape index (κ2) is 5.11. The summed E-state index contributed by atoms with van der Waals surface area (Å²) in [6, 6.07) is 6.82. The molecule has 1 aliphatic heterocycles. The van der Waals surface area contributed by atoms with E-state index in [-0.39, 0.29) is 23.3 Å². The first-order valence-corrected chi connectivity index (χ1v) is 7.79. The topological polar surface area (TPSA) is 78.2 Å². The van der Waals surface area contributed by atoms with Crippen LogP contribution in [-0.2, 0) is 9.84 Å². The van der Waals surface area contributed by atoms with E-state index < -0.39 is 33.5 Å². The molecule has 1 saturated heterocycles. The molecule has 0 spiro atoms. The summed E-state index contributed by atoms with van der Waals surface area (Å²) >= 11 is 0. The molecule has 4 nitrogen and oxygen atoms in total. The summed E-state index contributed by atoms with van der Waals surface area (Å²) in [7, 11) is -3.34. The Morgan fingerprint density at radius 2 is 1.80 bits per heavy atom. The number of alkyl halides is 2. The van der Waals surface area contributed by atoms with Gasteiger partial charge < -0.3 is 5.11 Å². The molecule has 1 aromatic carbocycles. The van der Waals surface area contributed by atoms with Gasteiger partial charge in [-0.2, -0.15) is 5.26 Å². The number of sulfone groups is 1. The van der Waals surface area contributed by atoms with Gasteiger partial charge in [0.15, 0.2) is 9.84 Å². The summed E-state index contributed by atoms with van der Waals surface area (Å²) in [5.41, 5.74) is -1.32. The number of hydrogen-bond acceptors (Lipinski definition) is 4. The Morgan fingerprint density at radius 1 is 1.25 bits per heavy atom. The number of halogens is 2. The van der Waals surface area contributed by atoms with Crippen molar-refractivity contribution in [2.75, 3.05) is 11.5 Å². The van der Waals surface area contributed by atoms with Gasteiger partial charge in [0.1, 0.15) is 5.41 Å². The van der Waals surface area contributed by atoms with Crippen LogP contribution >= 0.6 is 0 Å². The van der Waals surface area contributed by atoms with E-state index in [2.05, 4.69) is 0 Å². The molecule has 0 bridgehead atoms. The maximum absolute atomic E-state index is 12.4. The number of nitriles is 1. The first kappa shape index (κ1) is 14.9. The normalized spacial score (nSPS) is 26.4. The Kier molecular flexibility index (Phi) is 3.80. The van der Waals surface area contributed by atoms with Crippen LogP contribution in [0, 0.1) is 16.7 Å². The molecule has 20 heavy (non-hydrogen) atoms. The molecule has 1 heterocycles. The maximum Gasteiger partial charge on any atom is 0.263 e. The van der Waals surface area contributed by atoms with Crippen molar-refractivity contribution >= 4 is 9.84 Å². The van der Waals surface area contributed by atoms with E-state index in [0.29, 0.717) is 0 Å². The first-order valence-electron chi connectivity index (χ1n) is 5.97. The molecule has 0 aliphatic carbocycles. The van der Waals surface area contributed by atoms with Gasteiger partial charge in [0.2, 0.25) is 0 Å². The summed E-state index contributed by atoms with van der Waals surface area (Å²) in [6.45, 7) is 0. The second-order valence-corrected chi connectivity index (χ2v) is 7.16. The molecule has 1 aromatic rings. The lowest BCUT2D eigenvalue weighted by atomic mass is 9.80. The van der Waals surface area contributed by atoms with Crippen LogP contribution in [0.25, 0.3) is 0 Å². The van der Waals surface area contributed by atoms with Crippen molar-refractivity contribution in [1.29, 1.82) is 5.26 Å². The Hall–Kier alpha value is -1.52. The molecular weight excluding hydrogens is 288 g/mol. The lowest BCUT2D eigenvalue weighted by Gasteiger charge is -2.26. The predicted octanol–water partition coefficient (Wildman–Crippen LogP) is 1.99. The van der Waals surface area contributed by atoms with E-state index in [1.165, 1.54) is 12.1 Å². The highest BCUT2D eigenvalue weighted by Gasteiger charge is 2.48. The molecule has 1 N–H and O–H groups in total. The molecule has 1 fully saturated rings. The van der Waals surface area contributed by atoms with E-state index in [1.54, 1.807) is 0 Å². The van der Waals surface area contributed by atoms with Gasteiger partial charge in [0.05, 0.1) is 23.7 Å². The van der Waals surface area contributed by atoms with Gasteiger partial charge in [-0.25, -0.2) is 17.2 Å². The molecule has 7 heteroatoms. The standard InChI is InChI=1S/C13H13F2NO3S/c14-12(15)10-3-1-9(2-4-10)11(17)13(7-16)5-6-20(18,19)8-13/h1-4,11-12,17H,5-6,8H2. The minimum atomic E-state index is -3.34. The fourth-order valence-corrected chi connectivity index (χ4v) is 4.35. The van der Waals surface area contributed by atoms with Crippen LogP contribution in [0.3, 0.4) is 0 Å². The average Bonchev–Trinajstić information content (AvgIpc) is 2.75. The Labute approximate surface area is 115 Å². The number of aliphatic hydroxyl groups is 1. The molecule has 0 radical (unpaired) electrons. The van der Waals surface area contributed by atoms with Crippen LogP contribution < -0.4 is 0 Å². The Morgan fingerprint density at radius 3 is 2.20 bits per heavy atom. The molecule has 0 amide bonds. The second-order valence-electron chi connectivity index (χ2n) is 4.98. The van der Waals surface area contributed by atoms with Crippen molar-refractivity contribution in [2.24, 2.45) is 5.41 Å². The third kappa shape index (κ3) is 2.67. The monoisotopic (exact) mass is 301 g/mol. The summed E-state index contributed by atoms with van der Waals surface area (Å²) in [6.07, 6.45) is -3.88. The van der Waals surface area contributed by atoms with E-state index in [1.807, 2.05) is 6.07 Å². The van der Waals surface area contributed by atoms with Crippen LogP contribution in [0.2, 0.25) is 0 Å². The van der Waals surface area contributed by atoms with Crippen molar-refractivity contribution in [1.82, 2.24) is 0 Å². The minimum absolute atomic E-state index is 0.0452. The van der Waals surface area contributed by atoms with Crippen molar-refractivity contribution in [3.8, 4) is 6.07 Å². The van der Waals surface area contributed by atoms with E-state index in [9.17, 15) is 27.6 Å². The highest BCUT2D eigenvalue weighted by atomic mass is 32.2. The van der Waals surface area contributed by atoms with Gasteiger partial charge in [0, 0.05) is 5.56 Å². The van der Waals surface area contributed by atoms with Gasteiger partial charge in [0.25, 0.3) is 6.43 Å². The molecule has 2 rings (SSSR count). The fraction of sp³-hybridized carbons (Fsp3) is 0.462. The fourth-order valence-electron chi connectivity index (χ4n) is 2.38. The Bertz CT molecular complexity index is 637. The van der Waals surface area contributed by atoms with Crippen LogP contribution in [0.4, 0.5) is 8.78 Å². The third-order valence-corrected chi connectivity index (χ3v) is 5.37. The van der Waals surface area contributed by atoms with Crippen molar-refractivity contribution in [2.45, 2.75) is 19.0 Å². The average molecular weight is 301 g/mol. The summed E-state index contributed by atoms with van der Waals surface area (Å²) < 4.78 is 47.9. The zero-order valence-electron chi connectivity index (χ0n) is 10.5. The number of nitrogens with zero attached hydrogens (tertiary/aromatic N) is 1. The predicted molar refractivity (Wildman–Crippen MR) is 67.7 cm³/mol. The van der Waals surface area contributed by atoms with Crippen LogP contribution in [0.5, 0.6) is 0 Å². The number of hydrogen-bond donors (Lipinski definition) is 1. The van der Waals surface area contributed by atoms with Gasteiger partial charge in [-0.15, -0.1) is 0 Å². The Balaban J connectivity index is 2.31. The molecule has 0 saturated carbocycles. The zero-order valence-corrected chi connectivity index (χ0v) is 11.3. The molecule has 2 atom stereocenters. The van der Waals surface area contributed by atoms with E-state index in [4.69, 9.17) is 0 Å². The number of benzene rings is 1. The number of rotatable bonds is 3. The van der Waals surface area contributed by atoms with Crippen LogP contribution in [-0.4, -0.2) is 25.0 Å². The van der Waals surface area contributed by atoms with Crippen molar-refractivity contribution < 1.29 is 22.3 Å². The maximum atomic E-state index is 12.4.